The van der Waals surface area contributed by atoms with Gasteiger partial charge in [0.1, 0.15) is 12.4 Å². The maximum absolute atomic E-state index is 6.13. The van der Waals surface area contributed by atoms with Gasteiger partial charge in [0.15, 0.2) is 5.82 Å². The Kier molecular flexibility index (Phi) is 6.52. The van der Waals surface area contributed by atoms with Crippen LogP contribution in [0.1, 0.15) is 43.8 Å². The Balaban J connectivity index is 1.37. The fourth-order valence-electron chi connectivity index (χ4n) is 4.93. The first kappa shape index (κ1) is 20.9. The lowest BCUT2D eigenvalue weighted by Crippen LogP contribution is -2.45. The van der Waals surface area contributed by atoms with Crippen molar-refractivity contribution in [2.45, 2.75) is 38.0 Å². The highest BCUT2D eigenvalue weighted by Gasteiger charge is 2.24. The van der Waals surface area contributed by atoms with Gasteiger partial charge in [-0.25, -0.2) is 0 Å². The SMILES string of the molecule is CN1CCN(c2cc(OCCN3CCNCC3)nc3nc(C4CCCCC4)nn23)CC1. The van der Waals surface area contributed by atoms with Gasteiger partial charge < -0.3 is 19.9 Å². The van der Waals surface area contributed by atoms with Crippen molar-refractivity contribution in [3.8, 4) is 5.88 Å². The number of aromatic nitrogens is 4. The summed E-state index contributed by atoms with van der Waals surface area (Å²) in [7, 11) is 2.18. The number of anilines is 1. The van der Waals surface area contributed by atoms with Crippen molar-refractivity contribution in [1.82, 2.24) is 34.7 Å². The lowest BCUT2D eigenvalue weighted by Gasteiger charge is -2.33. The zero-order valence-corrected chi connectivity index (χ0v) is 18.8. The molecule has 0 radical (unpaired) electrons. The summed E-state index contributed by atoms with van der Waals surface area (Å²) in [5.41, 5.74) is 0. The molecule has 9 heteroatoms. The monoisotopic (exact) mass is 428 g/mol. The Hall–Kier alpha value is -1.97. The second-order valence-electron chi connectivity index (χ2n) is 9.20. The maximum atomic E-state index is 6.13. The minimum Gasteiger partial charge on any atom is -0.476 e. The normalized spacial score (nSPS) is 22.3. The fourth-order valence-corrected chi connectivity index (χ4v) is 4.93. The molecule has 0 atom stereocenters. The summed E-state index contributed by atoms with van der Waals surface area (Å²) in [5.74, 6) is 3.83. The number of hydrogen-bond donors (Lipinski definition) is 1. The average Bonchev–Trinajstić information content (AvgIpc) is 3.25. The molecular formula is C22H36N8O. The van der Waals surface area contributed by atoms with Crippen LogP contribution in [0.15, 0.2) is 6.07 Å². The molecule has 0 amide bonds. The highest BCUT2D eigenvalue weighted by Crippen LogP contribution is 2.32. The molecule has 0 aromatic carbocycles. The molecule has 5 rings (SSSR count). The minimum absolute atomic E-state index is 0.466. The van der Waals surface area contributed by atoms with Gasteiger partial charge in [-0.3, -0.25) is 4.90 Å². The van der Waals surface area contributed by atoms with Crippen molar-refractivity contribution >= 4 is 11.6 Å². The van der Waals surface area contributed by atoms with Crippen LogP contribution in [0.4, 0.5) is 5.82 Å². The van der Waals surface area contributed by atoms with Crippen LogP contribution in [0.25, 0.3) is 5.78 Å². The van der Waals surface area contributed by atoms with E-state index in [0.29, 0.717) is 24.2 Å². The first-order chi connectivity index (χ1) is 15.3. The molecule has 1 N–H and O–H groups in total. The molecular weight excluding hydrogens is 392 g/mol. The Labute approximate surface area is 184 Å². The van der Waals surface area contributed by atoms with Crippen LogP contribution >= 0.6 is 0 Å². The van der Waals surface area contributed by atoms with Gasteiger partial charge >= 0.3 is 0 Å². The Morgan fingerprint density at radius 1 is 1.00 bits per heavy atom. The largest absolute Gasteiger partial charge is 0.476 e. The van der Waals surface area contributed by atoms with Crippen LogP contribution in [-0.2, 0) is 0 Å². The average molecular weight is 429 g/mol. The van der Waals surface area contributed by atoms with E-state index in [0.717, 1.165) is 70.5 Å². The molecule has 31 heavy (non-hydrogen) atoms. The van der Waals surface area contributed by atoms with Gasteiger partial charge in [0.2, 0.25) is 5.88 Å². The van der Waals surface area contributed by atoms with Gasteiger partial charge in [-0.2, -0.15) is 14.5 Å². The summed E-state index contributed by atoms with van der Waals surface area (Å²) in [6.07, 6.45) is 6.27. The molecule has 0 bridgehead atoms. The van der Waals surface area contributed by atoms with E-state index in [1.165, 1.54) is 32.1 Å². The highest BCUT2D eigenvalue weighted by molar-refractivity contribution is 5.50. The van der Waals surface area contributed by atoms with E-state index in [1.807, 2.05) is 4.52 Å². The van der Waals surface area contributed by atoms with Crippen molar-refractivity contribution in [1.29, 1.82) is 0 Å². The first-order valence-electron chi connectivity index (χ1n) is 12.0. The number of piperazine rings is 2. The van der Waals surface area contributed by atoms with E-state index in [2.05, 4.69) is 33.1 Å². The summed E-state index contributed by atoms with van der Waals surface area (Å²) in [4.78, 5) is 16.8. The van der Waals surface area contributed by atoms with E-state index in [-0.39, 0.29) is 0 Å². The minimum atomic E-state index is 0.466. The summed E-state index contributed by atoms with van der Waals surface area (Å²) in [6, 6.07) is 2.06. The Morgan fingerprint density at radius 2 is 1.77 bits per heavy atom. The summed E-state index contributed by atoms with van der Waals surface area (Å²) in [5, 5.41) is 8.34. The number of hydrogen-bond acceptors (Lipinski definition) is 8. The standard InChI is InChI=1S/C22H36N8O/c1-27-11-13-29(14-12-27)20-17-19(31-16-15-28-9-7-23-8-10-28)24-22-25-21(26-30(20)22)18-5-3-2-4-6-18/h17-18,23H,2-16H2,1H3. The van der Waals surface area contributed by atoms with E-state index >= 15 is 0 Å². The number of nitrogens with zero attached hydrogens (tertiary/aromatic N) is 7. The van der Waals surface area contributed by atoms with E-state index in [1.54, 1.807) is 0 Å². The Morgan fingerprint density at radius 3 is 2.55 bits per heavy atom. The van der Waals surface area contributed by atoms with Gasteiger partial charge in [-0.1, -0.05) is 19.3 Å². The summed E-state index contributed by atoms with van der Waals surface area (Å²) < 4.78 is 8.09. The maximum Gasteiger partial charge on any atom is 0.257 e. The molecule has 1 saturated carbocycles. The number of nitrogens with one attached hydrogen (secondary N) is 1. The first-order valence-corrected chi connectivity index (χ1v) is 12.0. The van der Waals surface area contributed by atoms with Crippen molar-refractivity contribution < 1.29 is 4.74 Å². The smallest absolute Gasteiger partial charge is 0.257 e. The molecule has 0 unspecified atom stereocenters. The third-order valence-electron chi connectivity index (χ3n) is 6.95. The van der Waals surface area contributed by atoms with Crippen molar-refractivity contribution in [3.63, 3.8) is 0 Å². The molecule has 4 heterocycles. The molecule has 2 aromatic rings. The molecule has 2 saturated heterocycles. The highest BCUT2D eigenvalue weighted by atomic mass is 16.5. The fraction of sp³-hybridized carbons (Fsp3) is 0.773. The van der Waals surface area contributed by atoms with Crippen LogP contribution < -0.4 is 15.0 Å². The van der Waals surface area contributed by atoms with Gasteiger partial charge in [-0.05, 0) is 19.9 Å². The summed E-state index contributed by atoms with van der Waals surface area (Å²) in [6.45, 7) is 9.91. The van der Waals surface area contributed by atoms with E-state index in [4.69, 9.17) is 19.8 Å². The van der Waals surface area contributed by atoms with Crippen LogP contribution in [0.2, 0.25) is 0 Å². The van der Waals surface area contributed by atoms with E-state index < -0.39 is 0 Å². The Bertz CT molecular complexity index is 851. The lowest BCUT2D eigenvalue weighted by atomic mass is 9.89. The van der Waals surface area contributed by atoms with Crippen molar-refractivity contribution in [2.24, 2.45) is 0 Å². The molecule has 9 nitrogen and oxygen atoms in total. The third kappa shape index (κ3) is 4.94. The van der Waals surface area contributed by atoms with Crippen LogP contribution in [0.5, 0.6) is 5.88 Å². The van der Waals surface area contributed by atoms with Crippen molar-refractivity contribution in [3.05, 3.63) is 11.9 Å². The second kappa shape index (κ2) is 9.67. The zero-order chi connectivity index (χ0) is 21.0. The van der Waals surface area contributed by atoms with Gasteiger partial charge in [0.05, 0.1) is 0 Å². The molecule has 170 valence electrons. The quantitative estimate of drug-likeness (QED) is 0.736. The third-order valence-corrected chi connectivity index (χ3v) is 6.95. The second-order valence-corrected chi connectivity index (χ2v) is 9.20. The van der Waals surface area contributed by atoms with Crippen molar-refractivity contribution in [2.75, 3.05) is 77.5 Å². The molecule has 2 aromatic heterocycles. The van der Waals surface area contributed by atoms with Gasteiger partial charge in [0, 0.05) is 70.9 Å². The van der Waals surface area contributed by atoms with Crippen LogP contribution in [0, 0.1) is 0 Å². The lowest BCUT2D eigenvalue weighted by molar-refractivity contribution is 0.188. The topological polar surface area (TPSA) is 74.1 Å². The number of rotatable bonds is 6. The molecule has 3 fully saturated rings. The van der Waals surface area contributed by atoms with Crippen LogP contribution in [-0.4, -0.2) is 102 Å². The number of ether oxygens (including phenoxy) is 1. The predicted molar refractivity (Wildman–Crippen MR) is 121 cm³/mol. The van der Waals surface area contributed by atoms with Gasteiger partial charge in [0.25, 0.3) is 5.78 Å². The number of likely N-dealkylation sites (N-methyl/N-ethyl adjacent to an activating group) is 1. The molecule has 3 aliphatic rings. The summed E-state index contributed by atoms with van der Waals surface area (Å²) >= 11 is 0. The molecule has 1 aliphatic carbocycles. The predicted octanol–water partition coefficient (Wildman–Crippen LogP) is 1.21. The van der Waals surface area contributed by atoms with Crippen LogP contribution in [0.3, 0.4) is 0 Å². The zero-order valence-electron chi connectivity index (χ0n) is 18.8. The molecule has 0 spiro atoms. The number of fused-ring (bicyclic) bond motifs is 1. The van der Waals surface area contributed by atoms with E-state index in [9.17, 15) is 0 Å². The van der Waals surface area contributed by atoms with Gasteiger partial charge in [-0.15, -0.1) is 5.10 Å². The molecule has 2 aliphatic heterocycles.